The first-order chi connectivity index (χ1) is 13.9. The number of nitrogens with zero attached hydrogens (tertiary/aromatic N) is 2. The highest BCUT2D eigenvalue weighted by molar-refractivity contribution is 7.89. The molecular weight excluding hydrogens is 384 g/mol. The lowest BCUT2D eigenvalue weighted by Gasteiger charge is -2.32. The van der Waals surface area contributed by atoms with Crippen molar-refractivity contribution < 1.29 is 13.2 Å². The van der Waals surface area contributed by atoms with Crippen molar-refractivity contribution in [1.29, 1.82) is 0 Å². The summed E-state index contributed by atoms with van der Waals surface area (Å²) in [7, 11) is -0.344. The number of aryl methyl sites for hydroxylation is 1. The number of rotatable bonds is 7. The van der Waals surface area contributed by atoms with E-state index in [0.29, 0.717) is 17.2 Å². The summed E-state index contributed by atoms with van der Waals surface area (Å²) < 4.78 is 25.4. The highest BCUT2D eigenvalue weighted by Crippen LogP contribution is 2.28. The molecule has 0 unspecified atom stereocenters. The fourth-order valence-electron chi connectivity index (χ4n) is 3.83. The fourth-order valence-corrected chi connectivity index (χ4v) is 4.73. The molecule has 2 aromatic rings. The van der Waals surface area contributed by atoms with Crippen LogP contribution < -0.4 is 0 Å². The van der Waals surface area contributed by atoms with E-state index in [-0.39, 0.29) is 5.91 Å². The van der Waals surface area contributed by atoms with Crippen LogP contribution in [0.15, 0.2) is 59.5 Å². The molecule has 0 radical (unpaired) electrons. The molecule has 1 saturated heterocycles. The van der Waals surface area contributed by atoms with Gasteiger partial charge in [-0.3, -0.25) is 4.79 Å². The number of likely N-dealkylation sites (tertiary alicyclic amines) is 1. The molecule has 3 rings (SSSR count). The van der Waals surface area contributed by atoms with Crippen molar-refractivity contribution in [2.75, 3.05) is 27.2 Å². The average Bonchev–Trinajstić information content (AvgIpc) is 2.74. The third kappa shape index (κ3) is 5.46. The van der Waals surface area contributed by atoms with Gasteiger partial charge in [-0.2, -0.15) is 0 Å². The predicted octanol–water partition coefficient (Wildman–Crippen LogP) is 3.67. The Balaban J connectivity index is 1.43. The lowest BCUT2D eigenvalue weighted by Crippen LogP contribution is -2.37. The zero-order valence-corrected chi connectivity index (χ0v) is 18.1. The van der Waals surface area contributed by atoms with Gasteiger partial charge in [-0.15, -0.1) is 0 Å². The zero-order chi connectivity index (χ0) is 20.9. The summed E-state index contributed by atoms with van der Waals surface area (Å²) in [6.07, 6.45) is 4.13. The molecular formula is C23H30N2O3S. The topological polar surface area (TPSA) is 57.7 Å². The third-order valence-electron chi connectivity index (χ3n) is 5.68. The first-order valence-corrected chi connectivity index (χ1v) is 11.7. The van der Waals surface area contributed by atoms with Crippen molar-refractivity contribution in [2.24, 2.45) is 0 Å². The molecule has 29 heavy (non-hydrogen) atoms. The van der Waals surface area contributed by atoms with Gasteiger partial charge in [0.15, 0.2) is 0 Å². The van der Waals surface area contributed by atoms with Gasteiger partial charge in [0.2, 0.25) is 15.9 Å². The molecule has 1 amide bonds. The monoisotopic (exact) mass is 414 g/mol. The second-order valence-corrected chi connectivity index (χ2v) is 10.0. The maximum Gasteiger partial charge on any atom is 0.242 e. The zero-order valence-electron chi connectivity index (χ0n) is 17.3. The van der Waals surface area contributed by atoms with Crippen LogP contribution >= 0.6 is 0 Å². The van der Waals surface area contributed by atoms with E-state index in [4.69, 9.17) is 0 Å². The minimum absolute atomic E-state index is 0.225. The molecule has 1 heterocycles. The predicted molar refractivity (Wildman–Crippen MR) is 115 cm³/mol. The van der Waals surface area contributed by atoms with Gasteiger partial charge in [-0.05, 0) is 54.9 Å². The Morgan fingerprint density at radius 2 is 1.62 bits per heavy atom. The van der Waals surface area contributed by atoms with Gasteiger partial charge < -0.3 is 4.90 Å². The van der Waals surface area contributed by atoms with Crippen LogP contribution in [-0.4, -0.2) is 50.7 Å². The number of amides is 1. The van der Waals surface area contributed by atoms with E-state index in [1.165, 1.54) is 24.0 Å². The van der Waals surface area contributed by atoms with Gasteiger partial charge in [-0.1, -0.05) is 42.5 Å². The van der Waals surface area contributed by atoms with Gasteiger partial charge in [0.25, 0.3) is 0 Å². The Hall–Kier alpha value is -2.18. The van der Waals surface area contributed by atoms with Crippen LogP contribution in [0.3, 0.4) is 0 Å². The summed E-state index contributed by atoms with van der Waals surface area (Å²) in [4.78, 5) is 14.8. The first kappa shape index (κ1) is 21.5. The molecule has 0 N–H and O–H groups in total. The van der Waals surface area contributed by atoms with Crippen LogP contribution in [-0.2, 0) is 21.2 Å². The highest BCUT2D eigenvalue weighted by atomic mass is 32.2. The minimum Gasteiger partial charge on any atom is -0.343 e. The SMILES string of the molecule is CN(C)S(=O)(=O)c1ccc(CCCC(=O)N2CCC(c3ccccc3)CC2)cc1. The Morgan fingerprint density at radius 3 is 2.21 bits per heavy atom. The fraction of sp³-hybridized carbons (Fsp3) is 0.435. The van der Waals surface area contributed by atoms with E-state index in [1.807, 2.05) is 23.1 Å². The molecule has 6 heteroatoms. The van der Waals surface area contributed by atoms with Gasteiger partial charge in [0, 0.05) is 33.6 Å². The Kier molecular flexibility index (Phi) is 7.09. The second-order valence-electron chi connectivity index (χ2n) is 7.85. The summed E-state index contributed by atoms with van der Waals surface area (Å²) >= 11 is 0. The molecule has 0 aromatic heterocycles. The Morgan fingerprint density at radius 1 is 1.00 bits per heavy atom. The first-order valence-electron chi connectivity index (χ1n) is 10.2. The number of piperidine rings is 1. The molecule has 0 saturated carbocycles. The van der Waals surface area contributed by atoms with Crippen LogP contribution in [0.25, 0.3) is 0 Å². The maximum absolute atomic E-state index is 12.5. The van der Waals surface area contributed by atoms with E-state index in [1.54, 1.807) is 12.1 Å². The summed E-state index contributed by atoms with van der Waals surface area (Å²) in [6, 6.07) is 17.5. The number of benzene rings is 2. The van der Waals surface area contributed by atoms with E-state index >= 15 is 0 Å². The number of hydrogen-bond acceptors (Lipinski definition) is 3. The van der Waals surface area contributed by atoms with E-state index in [2.05, 4.69) is 24.3 Å². The van der Waals surface area contributed by atoms with Crippen LogP contribution in [0.4, 0.5) is 0 Å². The molecule has 0 aliphatic carbocycles. The lowest BCUT2D eigenvalue weighted by molar-refractivity contribution is -0.132. The van der Waals surface area contributed by atoms with Crippen molar-refractivity contribution in [3.8, 4) is 0 Å². The smallest absolute Gasteiger partial charge is 0.242 e. The number of carbonyl (C=O) groups excluding carboxylic acids is 1. The normalized spacial score (nSPS) is 15.6. The van der Waals surface area contributed by atoms with Crippen LogP contribution in [0.2, 0.25) is 0 Å². The summed E-state index contributed by atoms with van der Waals surface area (Å²) in [5.41, 5.74) is 2.43. The Bertz CT molecular complexity index is 901. The van der Waals surface area contributed by atoms with Crippen LogP contribution in [0.1, 0.15) is 42.7 Å². The lowest BCUT2D eigenvalue weighted by atomic mass is 9.89. The molecule has 5 nitrogen and oxygen atoms in total. The number of carbonyl (C=O) groups is 1. The molecule has 0 bridgehead atoms. The van der Waals surface area contributed by atoms with Crippen molar-refractivity contribution >= 4 is 15.9 Å². The van der Waals surface area contributed by atoms with Gasteiger partial charge in [-0.25, -0.2) is 12.7 Å². The maximum atomic E-state index is 12.5. The molecule has 1 fully saturated rings. The number of hydrogen-bond donors (Lipinski definition) is 0. The summed E-state index contributed by atoms with van der Waals surface area (Å²) in [5.74, 6) is 0.778. The van der Waals surface area contributed by atoms with Gasteiger partial charge >= 0.3 is 0 Å². The van der Waals surface area contributed by atoms with Crippen LogP contribution in [0, 0.1) is 0 Å². The number of sulfonamides is 1. The largest absolute Gasteiger partial charge is 0.343 e. The molecule has 2 aromatic carbocycles. The molecule has 0 atom stereocenters. The third-order valence-corrected chi connectivity index (χ3v) is 7.51. The van der Waals surface area contributed by atoms with Crippen molar-refractivity contribution in [3.63, 3.8) is 0 Å². The summed E-state index contributed by atoms with van der Waals surface area (Å²) in [6.45, 7) is 1.66. The van der Waals surface area contributed by atoms with Gasteiger partial charge in [0.1, 0.15) is 0 Å². The molecule has 0 spiro atoms. The van der Waals surface area contributed by atoms with Crippen molar-refractivity contribution in [1.82, 2.24) is 9.21 Å². The standard InChI is InChI=1S/C23H30N2O3S/c1-24(2)29(27,28)22-13-11-19(12-14-22)7-6-10-23(26)25-17-15-21(16-18-25)20-8-4-3-5-9-20/h3-5,8-9,11-14,21H,6-7,10,15-18H2,1-2H3. The highest BCUT2D eigenvalue weighted by Gasteiger charge is 2.23. The quantitative estimate of drug-likeness (QED) is 0.695. The van der Waals surface area contributed by atoms with Crippen molar-refractivity contribution in [3.05, 3.63) is 65.7 Å². The van der Waals surface area contributed by atoms with Crippen molar-refractivity contribution in [2.45, 2.75) is 42.9 Å². The minimum atomic E-state index is -3.39. The van der Waals surface area contributed by atoms with Gasteiger partial charge in [0.05, 0.1) is 4.90 Å². The van der Waals surface area contributed by atoms with E-state index < -0.39 is 10.0 Å². The average molecular weight is 415 g/mol. The molecule has 156 valence electrons. The summed E-state index contributed by atoms with van der Waals surface area (Å²) in [5, 5.41) is 0. The van der Waals surface area contributed by atoms with E-state index in [0.717, 1.165) is 44.3 Å². The Labute approximate surface area is 174 Å². The molecule has 1 aliphatic rings. The second kappa shape index (κ2) is 9.55. The van der Waals surface area contributed by atoms with E-state index in [9.17, 15) is 13.2 Å². The van der Waals surface area contributed by atoms with Crippen LogP contribution in [0.5, 0.6) is 0 Å². The molecule has 1 aliphatic heterocycles.